The van der Waals surface area contributed by atoms with Crippen molar-refractivity contribution in [3.8, 4) is 0 Å². The number of amides is 1. The average Bonchev–Trinajstić information content (AvgIpc) is 3.18. The summed E-state index contributed by atoms with van der Waals surface area (Å²) < 4.78 is 27.6. The number of benzene rings is 1. The smallest absolute Gasteiger partial charge is 0.240 e. The Morgan fingerprint density at radius 3 is 2.33 bits per heavy atom. The van der Waals surface area contributed by atoms with E-state index in [2.05, 4.69) is 15.0 Å². The van der Waals surface area contributed by atoms with Gasteiger partial charge in [-0.25, -0.2) is 13.1 Å². The molecule has 6 nitrogen and oxygen atoms in total. The van der Waals surface area contributed by atoms with Crippen LogP contribution in [0.5, 0.6) is 0 Å². The van der Waals surface area contributed by atoms with Gasteiger partial charge in [0.25, 0.3) is 0 Å². The fourth-order valence-corrected chi connectivity index (χ4v) is 4.52. The molecule has 1 heterocycles. The van der Waals surface area contributed by atoms with Crippen LogP contribution in [0.25, 0.3) is 0 Å². The Balaban J connectivity index is 1.47. The van der Waals surface area contributed by atoms with Crippen LogP contribution in [-0.4, -0.2) is 25.4 Å². The van der Waals surface area contributed by atoms with Crippen molar-refractivity contribution in [1.29, 1.82) is 0 Å². The highest BCUT2D eigenvalue weighted by Gasteiger charge is 2.22. The molecule has 0 spiro atoms. The van der Waals surface area contributed by atoms with E-state index in [1.165, 1.54) is 0 Å². The van der Waals surface area contributed by atoms with Gasteiger partial charge in [-0.15, -0.1) is 0 Å². The minimum absolute atomic E-state index is 0.0357. The minimum Gasteiger partial charge on any atom is -0.352 e. The Morgan fingerprint density at radius 1 is 1.00 bits per heavy atom. The van der Waals surface area contributed by atoms with Gasteiger partial charge in [0.2, 0.25) is 15.9 Å². The maximum Gasteiger partial charge on any atom is 0.240 e. The van der Waals surface area contributed by atoms with Crippen molar-refractivity contribution in [1.82, 2.24) is 15.0 Å². The van der Waals surface area contributed by atoms with E-state index in [0.717, 1.165) is 36.8 Å². The van der Waals surface area contributed by atoms with Crippen molar-refractivity contribution >= 4 is 15.9 Å². The first-order valence-corrected chi connectivity index (χ1v) is 10.8. The predicted octanol–water partition coefficient (Wildman–Crippen LogP) is 2.55. The number of carbonyl (C=O) groups is 1. The zero-order valence-corrected chi connectivity index (χ0v) is 16.0. The molecule has 1 aromatic carbocycles. The van der Waals surface area contributed by atoms with Crippen LogP contribution in [-0.2, 0) is 27.8 Å². The molecule has 2 N–H and O–H groups in total. The summed E-state index contributed by atoms with van der Waals surface area (Å²) in [4.78, 5) is 16.2. The van der Waals surface area contributed by atoms with Crippen LogP contribution in [0.2, 0.25) is 0 Å². The van der Waals surface area contributed by atoms with Gasteiger partial charge < -0.3 is 5.32 Å². The fraction of sp³-hybridized carbons (Fsp3) is 0.400. The molecule has 0 atom stereocenters. The highest BCUT2D eigenvalue weighted by Crippen LogP contribution is 2.20. The molecule has 144 valence electrons. The summed E-state index contributed by atoms with van der Waals surface area (Å²) in [5.41, 5.74) is 1.94. The molecule has 1 saturated carbocycles. The van der Waals surface area contributed by atoms with Crippen molar-refractivity contribution in [3.05, 3.63) is 59.9 Å². The van der Waals surface area contributed by atoms with Crippen molar-refractivity contribution in [2.75, 3.05) is 0 Å². The van der Waals surface area contributed by atoms with Gasteiger partial charge in [0, 0.05) is 31.4 Å². The summed E-state index contributed by atoms with van der Waals surface area (Å²) in [6.07, 6.45) is 8.29. The summed E-state index contributed by atoms with van der Waals surface area (Å²) in [7, 11) is -3.47. The molecule has 1 aliphatic rings. The Morgan fingerprint density at radius 2 is 1.67 bits per heavy atom. The molecular formula is C20H25N3O3S. The molecule has 0 bridgehead atoms. The lowest BCUT2D eigenvalue weighted by molar-refractivity contribution is -0.121. The third-order valence-corrected chi connectivity index (χ3v) is 6.33. The van der Waals surface area contributed by atoms with Crippen molar-refractivity contribution in [2.45, 2.75) is 56.0 Å². The SMILES string of the molecule is O=C(CCc1ccc(S(=O)(=O)NC2CCCC2)cc1)NCc1ccncc1. The van der Waals surface area contributed by atoms with E-state index in [-0.39, 0.29) is 16.8 Å². The van der Waals surface area contributed by atoms with Crippen LogP contribution in [0.3, 0.4) is 0 Å². The molecule has 7 heteroatoms. The summed E-state index contributed by atoms with van der Waals surface area (Å²) in [5.74, 6) is -0.0357. The highest BCUT2D eigenvalue weighted by atomic mass is 32.2. The average molecular weight is 388 g/mol. The monoisotopic (exact) mass is 387 g/mol. The number of hydrogen-bond donors (Lipinski definition) is 2. The number of aryl methyl sites for hydroxylation is 1. The number of carbonyl (C=O) groups excluding carboxylic acids is 1. The predicted molar refractivity (Wildman–Crippen MR) is 103 cm³/mol. The molecule has 27 heavy (non-hydrogen) atoms. The zero-order valence-electron chi connectivity index (χ0n) is 15.2. The Bertz CT molecular complexity index is 846. The fourth-order valence-electron chi connectivity index (χ4n) is 3.21. The molecule has 1 fully saturated rings. The number of pyridine rings is 1. The second-order valence-corrected chi connectivity index (χ2v) is 8.59. The van der Waals surface area contributed by atoms with Crippen LogP contribution in [0.1, 0.15) is 43.2 Å². The van der Waals surface area contributed by atoms with E-state index in [9.17, 15) is 13.2 Å². The third-order valence-electron chi connectivity index (χ3n) is 4.79. The second-order valence-electron chi connectivity index (χ2n) is 6.88. The summed E-state index contributed by atoms with van der Waals surface area (Å²) in [6, 6.07) is 10.6. The number of rotatable bonds is 8. The van der Waals surface area contributed by atoms with Gasteiger partial charge in [-0.3, -0.25) is 9.78 Å². The Labute approximate surface area is 160 Å². The molecule has 0 saturated heterocycles. The minimum atomic E-state index is -3.47. The van der Waals surface area contributed by atoms with Crippen molar-refractivity contribution < 1.29 is 13.2 Å². The summed E-state index contributed by atoms with van der Waals surface area (Å²) in [6.45, 7) is 0.478. The summed E-state index contributed by atoms with van der Waals surface area (Å²) in [5, 5.41) is 2.87. The molecular weight excluding hydrogens is 362 g/mol. The third kappa shape index (κ3) is 5.87. The van der Waals surface area contributed by atoms with Crippen LogP contribution in [0.4, 0.5) is 0 Å². The first-order valence-electron chi connectivity index (χ1n) is 9.30. The van der Waals surface area contributed by atoms with Gasteiger partial charge >= 0.3 is 0 Å². The van der Waals surface area contributed by atoms with Gasteiger partial charge in [0.15, 0.2) is 0 Å². The van der Waals surface area contributed by atoms with Crippen LogP contribution in [0, 0.1) is 0 Å². The molecule has 1 aromatic heterocycles. The summed E-state index contributed by atoms with van der Waals surface area (Å²) >= 11 is 0. The molecule has 0 radical (unpaired) electrons. The Hall–Kier alpha value is -2.25. The van der Waals surface area contributed by atoms with Crippen molar-refractivity contribution in [2.24, 2.45) is 0 Å². The topological polar surface area (TPSA) is 88.2 Å². The normalized spacial score (nSPS) is 15.0. The molecule has 0 unspecified atom stereocenters. The highest BCUT2D eigenvalue weighted by molar-refractivity contribution is 7.89. The number of aromatic nitrogens is 1. The van der Waals surface area contributed by atoms with E-state index < -0.39 is 10.0 Å². The van der Waals surface area contributed by atoms with E-state index in [1.54, 1.807) is 36.7 Å². The maximum atomic E-state index is 12.4. The lowest BCUT2D eigenvalue weighted by atomic mass is 10.1. The van der Waals surface area contributed by atoms with E-state index in [0.29, 0.717) is 19.4 Å². The molecule has 1 amide bonds. The van der Waals surface area contributed by atoms with Gasteiger partial charge in [0.05, 0.1) is 4.90 Å². The number of nitrogens with zero attached hydrogens (tertiary/aromatic N) is 1. The number of sulfonamides is 1. The standard InChI is InChI=1S/C20H25N3O3S/c24-20(22-15-17-11-13-21-14-12-17)10-7-16-5-8-19(9-6-16)27(25,26)23-18-3-1-2-4-18/h5-6,8-9,11-14,18,23H,1-4,7,10,15H2,(H,22,24). The van der Waals surface area contributed by atoms with Gasteiger partial charge in [-0.1, -0.05) is 25.0 Å². The molecule has 3 rings (SSSR count). The quantitative estimate of drug-likeness (QED) is 0.729. The van der Waals surface area contributed by atoms with Crippen molar-refractivity contribution in [3.63, 3.8) is 0 Å². The number of hydrogen-bond acceptors (Lipinski definition) is 4. The largest absolute Gasteiger partial charge is 0.352 e. The lowest BCUT2D eigenvalue weighted by Gasteiger charge is -2.13. The van der Waals surface area contributed by atoms with E-state index in [4.69, 9.17) is 0 Å². The van der Waals surface area contributed by atoms with Gasteiger partial charge in [0.1, 0.15) is 0 Å². The molecule has 0 aliphatic heterocycles. The maximum absolute atomic E-state index is 12.4. The van der Waals surface area contributed by atoms with E-state index in [1.807, 2.05) is 12.1 Å². The van der Waals surface area contributed by atoms with Crippen LogP contribution >= 0.6 is 0 Å². The van der Waals surface area contributed by atoms with Crippen LogP contribution in [0.15, 0.2) is 53.7 Å². The van der Waals surface area contributed by atoms with Crippen LogP contribution < -0.4 is 10.0 Å². The number of nitrogens with one attached hydrogen (secondary N) is 2. The molecule has 2 aromatic rings. The van der Waals surface area contributed by atoms with Gasteiger partial charge in [-0.2, -0.15) is 0 Å². The Kier molecular flexibility index (Phi) is 6.58. The molecule has 1 aliphatic carbocycles. The van der Waals surface area contributed by atoms with Gasteiger partial charge in [-0.05, 0) is 54.7 Å². The zero-order chi connectivity index (χ0) is 19.1. The first-order chi connectivity index (χ1) is 13.0. The van der Waals surface area contributed by atoms with E-state index >= 15 is 0 Å². The second kappa shape index (κ2) is 9.10. The first kappa shape index (κ1) is 19.5. The lowest BCUT2D eigenvalue weighted by Crippen LogP contribution is -2.32.